The Morgan fingerprint density at radius 2 is 1.71 bits per heavy atom. The first-order valence-corrected chi connectivity index (χ1v) is 9.62. The van der Waals surface area contributed by atoms with Crippen molar-refractivity contribution in [1.82, 2.24) is 14.3 Å². The summed E-state index contributed by atoms with van der Waals surface area (Å²) in [6, 6.07) is 13.7. The number of para-hydroxylation sites is 1. The van der Waals surface area contributed by atoms with E-state index in [1.807, 2.05) is 22.9 Å². The van der Waals surface area contributed by atoms with E-state index in [0.29, 0.717) is 6.54 Å². The SMILES string of the molecule is O=c1ccc(-n2ccc3ccccc32)nn1CCCCCCCBr. The number of aryl methyl sites for hydroxylation is 1. The minimum absolute atomic E-state index is 0.0318. The molecule has 2 aromatic heterocycles. The van der Waals surface area contributed by atoms with Crippen molar-refractivity contribution in [3.05, 3.63) is 59.0 Å². The van der Waals surface area contributed by atoms with Crippen LogP contribution in [0.3, 0.4) is 0 Å². The van der Waals surface area contributed by atoms with E-state index in [-0.39, 0.29) is 5.56 Å². The second kappa shape index (κ2) is 8.29. The van der Waals surface area contributed by atoms with Crippen LogP contribution in [-0.4, -0.2) is 19.7 Å². The van der Waals surface area contributed by atoms with Crippen molar-refractivity contribution in [3.63, 3.8) is 0 Å². The first kappa shape index (κ1) is 17.0. The third-order valence-corrected chi connectivity index (χ3v) is 4.76. The minimum Gasteiger partial charge on any atom is -0.300 e. The van der Waals surface area contributed by atoms with E-state index < -0.39 is 0 Å². The van der Waals surface area contributed by atoms with Gasteiger partial charge in [0.05, 0.1) is 5.52 Å². The monoisotopic (exact) mass is 387 g/mol. The molecule has 3 rings (SSSR count). The summed E-state index contributed by atoms with van der Waals surface area (Å²) in [7, 11) is 0. The van der Waals surface area contributed by atoms with Crippen LogP contribution in [0.4, 0.5) is 0 Å². The molecule has 0 spiro atoms. The van der Waals surface area contributed by atoms with Crippen molar-refractivity contribution >= 4 is 26.8 Å². The van der Waals surface area contributed by atoms with Crippen molar-refractivity contribution in [1.29, 1.82) is 0 Å². The molecule has 0 fully saturated rings. The van der Waals surface area contributed by atoms with Gasteiger partial charge in [-0.3, -0.25) is 9.36 Å². The lowest BCUT2D eigenvalue weighted by molar-refractivity contribution is 0.511. The average Bonchev–Trinajstić information content (AvgIpc) is 3.03. The predicted molar refractivity (Wildman–Crippen MR) is 102 cm³/mol. The third-order valence-electron chi connectivity index (χ3n) is 4.20. The summed E-state index contributed by atoms with van der Waals surface area (Å²) >= 11 is 3.45. The number of nitrogens with zero attached hydrogens (tertiary/aromatic N) is 3. The topological polar surface area (TPSA) is 39.8 Å². The van der Waals surface area contributed by atoms with Crippen LogP contribution in [0.2, 0.25) is 0 Å². The van der Waals surface area contributed by atoms with E-state index in [4.69, 9.17) is 0 Å². The fraction of sp³-hybridized carbons (Fsp3) is 0.368. The molecule has 0 N–H and O–H groups in total. The molecule has 4 nitrogen and oxygen atoms in total. The number of halogens is 1. The van der Waals surface area contributed by atoms with Crippen molar-refractivity contribution in [2.24, 2.45) is 0 Å². The Hall–Kier alpha value is -1.88. The van der Waals surface area contributed by atoms with Gasteiger partial charge in [0.1, 0.15) is 0 Å². The molecule has 0 amide bonds. The Kier molecular flexibility index (Phi) is 5.86. The number of hydrogen-bond donors (Lipinski definition) is 0. The lowest BCUT2D eigenvalue weighted by atomic mass is 10.1. The number of benzene rings is 1. The molecule has 0 radical (unpaired) electrons. The summed E-state index contributed by atoms with van der Waals surface area (Å²) in [5.41, 5.74) is 1.07. The van der Waals surface area contributed by atoms with Crippen LogP contribution in [0.1, 0.15) is 32.1 Å². The number of fused-ring (bicyclic) bond motifs is 1. The summed E-state index contributed by atoms with van der Waals surface area (Å²) in [4.78, 5) is 12.1. The molecule has 0 saturated carbocycles. The zero-order valence-electron chi connectivity index (χ0n) is 13.7. The predicted octanol–water partition coefficient (Wildman–Crippen LogP) is 4.53. The number of unbranched alkanes of at least 4 members (excludes halogenated alkanes) is 4. The van der Waals surface area contributed by atoms with Gasteiger partial charge in [-0.25, -0.2) is 4.68 Å². The van der Waals surface area contributed by atoms with E-state index in [0.717, 1.165) is 29.5 Å². The first-order valence-electron chi connectivity index (χ1n) is 8.50. The Morgan fingerprint density at radius 1 is 0.917 bits per heavy atom. The summed E-state index contributed by atoms with van der Waals surface area (Å²) in [6.07, 6.45) is 7.80. The van der Waals surface area contributed by atoms with Gasteiger partial charge in [0, 0.05) is 24.1 Å². The largest absolute Gasteiger partial charge is 0.300 e. The highest BCUT2D eigenvalue weighted by atomic mass is 79.9. The number of alkyl halides is 1. The van der Waals surface area contributed by atoms with Crippen molar-refractivity contribution in [2.45, 2.75) is 38.6 Å². The summed E-state index contributed by atoms with van der Waals surface area (Å²) < 4.78 is 3.62. The van der Waals surface area contributed by atoms with E-state index in [9.17, 15) is 4.79 Å². The molecule has 0 aliphatic carbocycles. The van der Waals surface area contributed by atoms with Crippen LogP contribution >= 0.6 is 15.9 Å². The van der Waals surface area contributed by atoms with Crippen molar-refractivity contribution < 1.29 is 0 Å². The Labute approximate surface area is 150 Å². The molecule has 1 aromatic carbocycles. The average molecular weight is 388 g/mol. The van der Waals surface area contributed by atoms with Crippen LogP contribution in [0.5, 0.6) is 0 Å². The normalized spacial score (nSPS) is 11.2. The van der Waals surface area contributed by atoms with E-state index in [1.54, 1.807) is 16.8 Å². The summed E-state index contributed by atoms with van der Waals surface area (Å²) in [5, 5.41) is 6.80. The molecule has 126 valence electrons. The van der Waals surface area contributed by atoms with Gasteiger partial charge in [-0.05, 0) is 36.4 Å². The maximum atomic E-state index is 12.1. The van der Waals surface area contributed by atoms with Crippen LogP contribution in [-0.2, 0) is 6.54 Å². The number of aromatic nitrogens is 3. The second-order valence-corrected chi connectivity index (χ2v) is 6.75. The first-order chi connectivity index (χ1) is 11.8. The van der Waals surface area contributed by atoms with Crippen molar-refractivity contribution in [3.8, 4) is 5.82 Å². The number of hydrogen-bond acceptors (Lipinski definition) is 2. The van der Waals surface area contributed by atoms with Gasteiger partial charge in [0.25, 0.3) is 5.56 Å². The maximum absolute atomic E-state index is 12.1. The molecule has 5 heteroatoms. The fourth-order valence-corrected chi connectivity index (χ4v) is 3.29. The number of rotatable bonds is 8. The standard InChI is InChI=1S/C19H22BrN3O/c20-13-6-2-1-3-7-14-23-19(24)11-10-18(21-23)22-15-12-16-8-4-5-9-17(16)22/h4-5,8-12,15H,1-3,6-7,13-14H2. The smallest absolute Gasteiger partial charge is 0.266 e. The van der Waals surface area contributed by atoms with Gasteiger partial charge >= 0.3 is 0 Å². The van der Waals surface area contributed by atoms with Gasteiger partial charge in [-0.1, -0.05) is 53.4 Å². The van der Waals surface area contributed by atoms with E-state index in [2.05, 4.69) is 39.2 Å². The zero-order chi connectivity index (χ0) is 16.8. The highest BCUT2D eigenvalue weighted by Crippen LogP contribution is 2.18. The molecule has 0 aliphatic rings. The molecule has 0 unspecified atom stereocenters. The fourth-order valence-electron chi connectivity index (χ4n) is 2.90. The maximum Gasteiger partial charge on any atom is 0.266 e. The molecule has 24 heavy (non-hydrogen) atoms. The van der Waals surface area contributed by atoms with E-state index in [1.165, 1.54) is 24.6 Å². The molecule has 2 heterocycles. The minimum atomic E-state index is -0.0318. The Morgan fingerprint density at radius 3 is 2.58 bits per heavy atom. The highest BCUT2D eigenvalue weighted by Gasteiger charge is 2.06. The molecule has 0 bridgehead atoms. The van der Waals surface area contributed by atoms with Crippen molar-refractivity contribution in [2.75, 3.05) is 5.33 Å². The van der Waals surface area contributed by atoms with Gasteiger partial charge in [0.2, 0.25) is 0 Å². The van der Waals surface area contributed by atoms with Gasteiger partial charge in [0.15, 0.2) is 5.82 Å². The van der Waals surface area contributed by atoms with Crippen LogP contribution in [0.25, 0.3) is 16.7 Å². The molecule has 0 aliphatic heterocycles. The molecule has 0 saturated heterocycles. The zero-order valence-corrected chi connectivity index (χ0v) is 15.3. The lowest BCUT2D eigenvalue weighted by Gasteiger charge is -2.09. The second-order valence-electron chi connectivity index (χ2n) is 5.95. The summed E-state index contributed by atoms with van der Waals surface area (Å²) in [5.74, 6) is 0.787. The molecule has 3 aromatic rings. The van der Waals surface area contributed by atoms with E-state index >= 15 is 0 Å². The highest BCUT2D eigenvalue weighted by molar-refractivity contribution is 9.09. The summed E-state index contributed by atoms with van der Waals surface area (Å²) in [6.45, 7) is 0.681. The van der Waals surface area contributed by atoms with Gasteiger partial charge in [-0.15, -0.1) is 0 Å². The van der Waals surface area contributed by atoms with Crippen LogP contribution in [0.15, 0.2) is 53.5 Å². The third kappa shape index (κ3) is 3.96. The Balaban J connectivity index is 1.73. The Bertz CT molecular complexity index is 853. The molecular weight excluding hydrogens is 366 g/mol. The molecule has 0 atom stereocenters. The van der Waals surface area contributed by atoms with Crippen LogP contribution < -0.4 is 5.56 Å². The quantitative estimate of drug-likeness (QED) is 0.420. The van der Waals surface area contributed by atoms with Crippen LogP contribution in [0, 0.1) is 0 Å². The van der Waals surface area contributed by atoms with Gasteiger partial charge in [-0.2, -0.15) is 5.10 Å². The lowest BCUT2D eigenvalue weighted by Crippen LogP contribution is -2.23. The molecular formula is C19H22BrN3O. The van der Waals surface area contributed by atoms with Gasteiger partial charge < -0.3 is 0 Å².